The molecule has 0 atom stereocenters. The number of carboxylic acids is 1. The van der Waals surface area contributed by atoms with Crippen LogP contribution >= 0.6 is 0 Å². The van der Waals surface area contributed by atoms with Crippen molar-refractivity contribution in [2.24, 2.45) is 0 Å². The number of rotatable bonds is 3. The summed E-state index contributed by atoms with van der Waals surface area (Å²) in [6, 6.07) is 0. The molecule has 122 valence electrons. The zero-order valence-electron chi connectivity index (χ0n) is 14.8. The van der Waals surface area contributed by atoms with Crippen LogP contribution < -0.4 is 0 Å². The van der Waals surface area contributed by atoms with Gasteiger partial charge in [-0.15, -0.1) is 0 Å². The minimum absolute atomic E-state index is 0.748. The number of allylic oxidation sites excluding steroid dienone is 5. The molecule has 0 saturated carbocycles. The number of hydrogen-bond donors (Lipinski definition) is 1. The van der Waals surface area contributed by atoms with Gasteiger partial charge in [-0.2, -0.15) is 0 Å². The molecule has 1 aromatic carbocycles. The van der Waals surface area contributed by atoms with Gasteiger partial charge < -0.3 is 5.11 Å². The van der Waals surface area contributed by atoms with Crippen molar-refractivity contribution >= 4 is 11.5 Å². The van der Waals surface area contributed by atoms with Gasteiger partial charge in [0, 0.05) is 6.08 Å². The molecule has 2 rings (SSSR count). The molecule has 0 fully saturated rings. The number of fused-ring (bicyclic) bond motifs is 1. The standard InChI is InChI=1S/C21H26O2/c1-13(12-20(22)23)8-6-9-18-10-7-11-19-16(4)14(2)15(3)17(5)21(18)19/h6,8-9,12H,7,10-11H2,1-5H3,(H,22,23)/b8-6+,13-12+,18-9?. The van der Waals surface area contributed by atoms with E-state index in [4.69, 9.17) is 5.11 Å². The molecular formula is C21H26O2. The third-order valence-electron chi connectivity index (χ3n) is 5.02. The van der Waals surface area contributed by atoms with Crippen LogP contribution in [0.4, 0.5) is 0 Å². The Morgan fingerprint density at radius 3 is 2.30 bits per heavy atom. The van der Waals surface area contributed by atoms with Gasteiger partial charge in [0.2, 0.25) is 0 Å². The number of hydrogen-bond acceptors (Lipinski definition) is 1. The van der Waals surface area contributed by atoms with Crippen molar-refractivity contribution in [3.05, 3.63) is 63.3 Å². The summed E-state index contributed by atoms with van der Waals surface area (Å²) in [5.74, 6) is -0.902. The molecular weight excluding hydrogens is 284 g/mol. The minimum atomic E-state index is -0.902. The second-order valence-corrected chi connectivity index (χ2v) is 6.48. The predicted molar refractivity (Wildman–Crippen MR) is 96.8 cm³/mol. The first kappa shape index (κ1) is 17.3. The van der Waals surface area contributed by atoms with Crippen LogP contribution in [0.15, 0.2) is 29.9 Å². The quantitative estimate of drug-likeness (QED) is 0.613. The molecule has 0 saturated heterocycles. The first-order valence-electron chi connectivity index (χ1n) is 8.21. The molecule has 2 heteroatoms. The first-order chi connectivity index (χ1) is 10.8. The van der Waals surface area contributed by atoms with E-state index in [2.05, 4.69) is 33.8 Å². The molecule has 1 aliphatic rings. The van der Waals surface area contributed by atoms with Gasteiger partial charge in [0.1, 0.15) is 0 Å². The Kier molecular flexibility index (Phi) is 5.25. The molecule has 23 heavy (non-hydrogen) atoms. The Balaban J connectivity index is 2.45. The highest BCUT2D eigenvalue weighted by Gasteiger charge is 2.20. The van der Waals surface area contributed by atoms with Crippen LogP contribution in [0, 0.1) is 27.7 Å². The predicted octanol–water partition coefficient (Wildman–Crippen LogP) is 5.23. The number of carbonyl (C=O) groups is 1. The first-order valence-corrected chi connectivity index (χ1v) is 8.21. The Morgan fingerprint density at radius 2 is 1.65 bits per heavy atom. The molecule has 0 aliphatic heterocycles. The molecule has 1 N–H and O–H groups in total. The maximum atomic E-state index is 10.7. The summed E-state index contributed by atoms with van der Waals surface area (Å²) >= 11 is 0. The molecule has 2 nitrogen and oxygen atoms in total. The molecule has 0 aromatic heterocycles. The van der Waals surface area contributed by atoms with Gasteiger partial charge >= 0.3 is 5.97 Å². The summed E-state index contributed by atoms with van der Waals surface area (Å²) < 4.78 is 0. The smallest absolute Gasteiger partial charge is 0.328 e. The van der Waals surface area contributed by atoms with Crippen molar-refractivity contribution in [2.75, 3.05) is 0 Å². The number of carboxylic acid groups (broad SMARTS) is 1. The monoisotopic (exact) mass is 310 g/mol. The maximum Gasteiger partial charge on any atom is 0.328 e. The average Bonchev–Trinajstić information content (AvgIpc) is 2.50. The van der Waals surface area contributed by atoms with Gasteiger partial charge in [0.25, 0.3) is 0 Å². The molecule has 0 radical (unpaired) electrons. The normalized spacial score (nSPS) is 16.9. The second kappa shape index (κ2) is 6.99. The molecule has 0 unspecified atom stereocenters. The average molecular weight is 310 g/mol. The van der Waals surface area contributed by atoms with Crippen LogP contribution in [-0.4, -0.2) is 11.1 Å². The van der Waals surface area contributed by atoms with Gasteiger partial charge in [-0.3, -0.25) is 0 Å². The summed E-state index contributed by atoms with van der Waals surface area (Å²) in [7, 11) is 0. The Labute approximate surface area is 139 Å². The highest BCUT2D eigenvalue weighted by atomic mass is 16.4. The summed E-state index contributed by atoms with van der Waals surface area (Å²) in [5.41, 5.74) is 10.7. The van der Waals surface area contributed by atoms with Gasteiger partial charge in [0.05, 0.1) is 0 Å². The van der Waals surface area contributed by atoms with E-state index >= 15 is 0 Å². The van der Waals surface area contributed by atoms with E-state index in [1.165, 1.54) is 51.5 Å². The van der Waals surface area contributed by atoms with Gasteiger partial charge in [-0.25, -0.2) is 4.79 Å². The molecule has 0 heterocycles. The Hall–Kier alpha value is -2.09. The maximum absolute atomic E-state index is 10.7. The van der Waals surface area contributed by atoms with Crippen molar-refractivity contribution in [3.63, 3.8) is 0 Å². The summed E-state index contributed by atoms with van der Waals surface area (Å²) in [5, 5.41) is 8.76. The second-order valence-electron chi connectivity index (χ2n) is 6.48. The van der Waals surface area contributed by atoms with E-state index in [0.717, 1.165) is 18.4 Å². The number of benzene rings is 1. The minimum Gasteiger partial charge on any atom is -0.478 e. The van der Waals surface area contributed by atoms with Crippen LogP contribution in [0.1, 0.15) is 53.1 Å². The van der Waals surface area contributed by atoms with Gasteiger partial charge in [-0.05, 0) is 98.4 Å². The van der Waals surface area contributed by atoms with Crippen LogP contribution in [0.25, 0.3) is 5.57 Å². The van der Waals surface area contributed by atoms with Crippen LogP contribution in [-0.2, 0) is 11.2 Å². The molecule has 0 bridgehead atoms. The van der Waals surface area contributed by atoms with E-state index in [1.54, 1.807) is 6.92 Å². The Bertz CT molecular complexity index is 731. The van der Waals surface area contributed by atoms with Crippen LogP contribution in [0.5, 0.6) is 0 Å². The fourth-order valence-corrected chi connectivity index (χ4v) is 3.44. The molecule has 0 spiro atoms. The van der Waals surface area contributed by atoms with E-state index in [-0.39, 0.29) is 0 Å². The lowest BCUT2D eigenvalue weighted by molar-refractivity contribution is -0.131. The highest BCUT2D eigenvalue weighted by Crippen LogP contribution is 2.38. The number of aliphatic carboxylic acids is 1. The van der Waals surface area contributed by atoms with E-state index in [0.29, 0.717) is 0 Å². The van der Waals surface area contributed by atoms with Crippen molar-refractivity contribution < 1.29 is 9.90 Å². The van der Waals surface area contributed by atoms with Crippen LogP contribution in [0.2, 0.25) is 0 Å². The lowest BCUT2D eigenvalue weighted by atomic mass is 9.78. The highest BCUT2D eigenvalue weighted by molar-refractivity contribution is 5.81. The van der Waals surface area contributed by atoms with Gasteiger partial charge in [-0.1, -0.05) is 18.2 Å². The molecule has 1 aliphatic carbocycles. The Morgan fingerprint density at radius 1 is 1.00 bits per heavy atom. The van der Waals surface area contributed by atoms with E-state index < -0.39 is 5.97 Å². The topological polar surface area (TPSA) is 37.3 Å². The zero-order valence-corrected chi connectivity index (χ0v) is 14.8. The van der Waals surface area contributed by atoms with Crippen molar-refractivity contribution in [2.45, 2.75) is 53.9 Å². The lowest BCUT2D eigenvalue weighted by Crippen LogP contribution is -2.10. The van der Waals surface area contributed by atoms with Crippen molar-refractivity contribution in [1.82, 2.24) is 0 Å². The SMILES string of the molecule is CC(/C=C/C=C1CCCc2c(C)c(C)c(C)c(C)c21)=C\C(=O)O. The summed E-state index contributed by atoms with van der Waals surface area (Å²) in [6.07, 6.45) is 10.6. The third kappa shape index (κ3) is 3.64. The fraction of sp³-hybridized carbons (Fsp3) is 0.381. The van der Waals surface area contributed by atoms with Crippen molar-refractivity contribution in [1.29, 1.82) is 0 Å². The zero-order chi connectivity index (χ0) is 17.1. The summed E-state index contributed by atoms with van der Waals surface area (Å²) in [4.78, 5) is 10.7. The molecule has 0 amide bonds. The summed E-state index contributed by atoms with van der Waals surface area (Å²) in [6.45, 7) is 10.7. The largest absolute Gasteiger partial charge is 0.478 e. The molecule has 1 aromatic rings. The third-order valence-corrected chi connectivity index (χ3v) is 5.02. The lowest BCUT2D eigenvalue weighted by Gasteiger charge is -2.26. The van der Waals surface area contributed by atoms with E-state index in [9.17, 15) is 4.79 Å². The van der Waals surface area contributed by atoms with Crippen LogP contribution in [0.3, 0.4) is 0 Å². The van der Waals surface area contributed by atoms with E-state index in [1.807, 2.05) is 12.2 Å². The van der Waals surface area contributed by atoms with Gasteiger partial charge in [0.15, 0.2) is 0 Å². The fourth-order valence-electron chi connectivity index (χ4n) is 3.44. The van der Waals surface area contributed by atoms with Crippen molar-refractivity contribution in [3.8, 4) is 0 Å².